The molecule has 0 unspecified atom stereocenters. The summed E-state index contributed by atoms with van der Waals surface area (Å²) in [6.45, 7) is 3.26. The zero-order valence-corrected chi connectivity index (χ0v) is 18.7. The van der Waals surface area contributed by atoms with Crippen LogP contribution in [0.15, 0.2) is 32.3 Å². The minimum atomic E-state index is -3.86. The maximum Gasteiger partial charge on any atom is 0.533 e. The number of nitrogens with one attached hydrogen (secondary N) is 3. The molecule has 0 spiro atoms. The summed E-state index contributed by atoms with van der Waals surface area (Å²) < 4.78 is 47.1. The molecular weight excluding hydrogens is 505 g/mol. The summed E-state index contributed by atoms with van der Waals surface area (Å²) in [4.78, 5) is 20.7. The van der Waals surface area contributed by atoms with Gasteiger partial charge in [0, 0.05) is 13.1 Å². The van der Waals surface area contributed by atoms with Crippen LogP contribution in [-0.2, 0) is 19.8 Å². The summed E-state index contributed by atoms with van der Waals surface area (Å²) in [6, 6.07) is 3.92. The van der Waals surface area contributed by atoms with Crippen LogP contribution < -0.4 is 20.7 Å². The van der Waals surface area contributed by atoms with E-state index < -0.39 is 28.3 Å². The highest BCUT2D eigenvalue weighted by Crippen LogP contribution is 2.23. The first-order chi connectivity index (χ1) is 14.5. The van der Waals surface area contributed by atoms with Crippen molar-refractivity contribution in [3.63, 3.8) is 0 Å². The third-order valence-electron chi connectivity index (χ3n) is 3.14. The Morgan fingerprint density at radius 2 is 2.10 bits per heavy atom. The molecular formula is C15H19BrFN7O6S. The number of nitrogens with zero attached hydrogens (tertiary/aromatic N) is 3. The van der Waals surface area contributed by atoms with Gasteiger partial charge < -0.3 is 14.9 Å². The predicted octanol–water partition coefficient (Wildman–Crippen LogP) is 1.32. The van der Waals surface area contributed by atoms with Crippen molar-refractivity contribution in [2.45, 2.75) is 20.0 Å². The van der Waals surface area contributed by atoms with E-state index in [0.717, 1.165) is 0 Å². The van der Waals surface area contributed by atoms with Crippen LogP contribution >= 0.6 is 15.9 Å². The number of benzene rings is 1. The molecule has 0 aliphatic carbocycles. The number of nitrogens with two attached hydrogens (primary N) is 1. The average molecular weight is 524 g/mol. The largest absolute Gasteiger partial charge is 0.533 e. The van der Waals surface area contributed by atoms with Gasteiger partial charge in [-0.2, -0.15) is 13.9 Å². The molecule has 0 bridgehead atoms. The molecule has 170 valence electrons. The highest BCUT2D eigenvalue weighted by molar-refractivity contribution is 9.10. The molecule has 0 amide bonds. The second-order valence-corrected chi connectivity index (χ2v) is 8.24. The number of halogens is 2. The minimum Gasteiger partial charge on any atom is -0.430 e. The van der Waals surface area contributed by atoms with Gasteiger partial charge in [0.2, 0.25) is 5.82 Å². The SMILES string of the molecule is CC(C)OC(=O)ONC(=Nc1ccc(F)c(Br)c1)c1nonc1NCCNS(N)(=O)=O. The monoisotopic (exact) mass is 523 g/mol. The molecule has 13 nitrogen and oxygen atoms in total. The fourth-order valence-corrected chi connectivity index (χ4v) is 2.70. The van der Waals surface area contributed by atoms with Crippen molar-refractivity contribution >= 4 is 49.6 Å². The van der Waals surface area contributed by atoms with E-state index in [4.69, 9.17) is 14.7 Å². The molecule has 0 fully saturated rings. The standard InChI is InChI=1S/C15H19BrFN7O6S/c1-8(2)28-15(25)29-23-14(21-9-3-4-11(17)10(16)7-9)12-13(24-30-22-12)19-5-6-20-31(18,26)27/h3-4,7-8,20H,5-6H2,1-2H3,(H,19,24)(H,21,23)(H2,18,26,27). The quantitative estimate of drug-likeness (QED) is 0.129. The van der Waals surface area contributed by atoms with Gasteiger partial charge in [-0.25, -0.2) is 28.7 Å². The van der Waals surface area contributed by atoms with Crippen molar-refractivity contribution in [2.24, 2.45) is 10.1 Å². The van der Waals surface area contributed by atoms with Crippen molar-refractivity contribution in [1.82, 2.24) is 20.5 Å². The first kappa shape index (κ1) is 24.4. The molecule has 0 aliphatic heterocycles. The molecule has 0 radical (unpaired) electrons. The van der Waals surface area contributed by atoms with Gasteiger partial charge in [-0.1, -0.05) is 0 Å². The lowest BCUT2D eigenvalue weighted by molar-refractivity contribution is 0.0176. The van der Waals surface area contributed by atoms with Gasteiger partial charge in [0.25, 0.3) is 10.2 Å². The summed E-state index contributed by atoms with van der Waals surface area (Å²) in [6.07, 6.45) is -1.47. The van der Waals surface area contributed by atoms with Crippen molar-refractivity contribution in [2.75, 3.05) is 18.4 Å². The number of amidine groups is 1. The van der Waals surface area contributed by atoms with Crippen molar-refractivity contribution in [3.8, 4) is 0 Å². The summed E-state index contributed by atoms with van der Waals surface area (Å²) in [7, 11) is -3.86. The van der Waals surface area contributed by atoms with E-state index in [2.05, 4.69) is 51.4 Å². The van der Waals surface area contributed by atoms with Gasteiger partial charge in [0.15, 0.2) is 11.5 Å². The van der Waals surface area contributed by atoms with Gasteiger partial charge in [-0.15, -0.1) is 0 Å². The Morgan fingerprint density at radius 3 is 2.74 bits per heavy atom. The Balaban J connectivity index is 2.24. The van der Waals surface area contributed by atoms with E-state index in [1.807, 2.05) is 0 Å². The number of carbonyl (C=O) groups is 1. The Kier molecular flexibility index (Phi) is 8.66. The Bertz CT molecular complexity index is 1050. The number of aromatic nitrogens is 2. The van der Waals surface area contributed by atoms with E-state index in [0.29, 0.717) is 0 Å². The Hall–Kier alpha value is -2.82. The maximum absolute atomic E-state index is 13.5. The second kappa shape index (κ2) is 11.0. The molecule has 5 N–H and O–H groups in total. The minimum absolute atomic E-state index is 0.0200. The van der Waals surface area contributed by atoms with Gasteiger partial charge >= 0.3 is 6.16 Å². The number of ether oxygens (including phenoxy) is 1. The van der Waals surface area contributed by atoms with E-state index in [9.17, 15) is 17.6 Å². The molecule has 0 aliphatic rings. The topological polar surface area (TPSA) is 183 Å². The Labute approximate surface area is 184 Å². The molecule has 0 atom stereocenters. The summed E-state index contributed by atoms with van der Waals surface area (Å²) in [5.74, 6) is -0.593. The van der Waals surface area contributed by atoms with E-state index >= 15 is 0 Å². The van der Waals surface area contributed by atoms with Crippen LogP contribution in [0.4, 0.5) is 20.7 Å². The first-order valence-electron chi connectivity index (χ1n) is 8.56. The highest BCUT2D eigenvalue weighted by atomic mass is 79.9. The van der Waals surface area contributed by atoms with Crippen LogP contribution in [0.1, 0.15) is 19.5 Å². The fraction of sp³-hybridized carbons (Fsp3) is 0.333. The van der Waals surface area contributed by atoms with Gasteiger partial charge in [0.05, 0.1) is 16.3 Å². The molecule has 2 rings (SSSR count). The van der Waals surface area contributed by atoms with E-state index in [1.54, 1.807) is 13.8 Å². The van der Waals surface area contributed by atoms with Crippen molar-refractivity contribution in [1.29, 1.82) is 0 Å². The number of rotatable bonds is 8. The molecule has 0 saturated carbocycles. The first-order valence-corrected chi connectivity index (χ1v) is 10.9. The summed E-state index contributed by atoms with van der Waals surface area (Å²) >= 11 is 3.05. The third kappa shape index (κ3) is 8.44. The lowest BCUT2D eigenvalue weighted by atomic mass is 10.3. The van der Waals surface area contributed by atoms with Gasteiger partial charge in [-0.3, -0.25) is 0 Å². The molecule has 2 aromatic rings. The molecule has 1 heterocycles. The van der Waals surface area contributed by atoms with E-state index in [-0.39, 0.29) is 40.6 Å². The number of hydrogen-bond acceptors (Lipinski definition) is 10. The second-order valence-electron chi connectivity index (χ2n) is 6.01. The molecule has 16 heteroatoms. The smallest absolute Gasteiger partial charge is 0.430 e. The number of aliphatic imine (C=N–C) groups is 1. The number of carbonyl (C=O) groups excluding carboxylic acids is 1. The predicted molar refractivity (Wildman–Crippen MR) is 110 cm³/mol. The van der Waals surface area contributed by atoms with Gasteiger partial charge in [0.1, 0.15) is 5.82 Å². The van der Waals surface area contributed by atoms with Crippen molar-refractivity contribution in [3.05, 3.63) is 34.2 Å². The van der Waals surface area contributed by atoms with Crippen molar-refractivity contribution < 1.29 is 31.8 Å². The Morgan fingerprint density at radius 1 is 1.35 bits per heavy atom. The third-order valence-corrected chi connectivity index (χ3v) is 4.35. The summed E-state index contributed by atoms with van der Waals surface area (Å²) in [5.41, 5.74) is 2.54. The van der Waals surface area contributed by atoms with Crippen LogP contribution in [0.3, 0.4) is 0 Å². The lowest BCUT2D eigenvalue weighted by Crippen LogP contribution is -2.34. The van der Waals surface area contributed by atoms with E-state index in [1.165, 1.54) is 18.2 Å². The molecule has 31 heavy (non-hydrogen) atoms. The number of hydrogen-bond donors (Lipinski definition) is 4. The average Bonchev–Trinajstić information content (AvgIpc) is 3.12. The lowest BCUT2D eigenvalue weighted by Gasteiger charge is -2.11. The van der Waals surface area contributed by atoms with Crippen LogP contribution in [0.2, 0.25) is 0 Å². The molecule has 1 aromatic heterocycles. The zero-order chi connectivity index (χ0) is 23.0. The maximum atomic E-state index is 13.5. The summed E-state index contributed by atoms with van der Waals surface area (Å²) in [5, 5.41) is 15.0. The van der Waals surface area contributed by atoms with Crippen LogP contribution in [0.5, 0.6) is 0 Å². The molecule has 1 aromatic carbocycles. The zero-order valence-electron chi connectivity index (χ0n) is 16.3. The van der Waals surface area contributed by atoms with Gasteiger partial charge in [-0.05, 0) is 58.3 Å². The van der Waals surface area contributed by atoms with Crippen LogP contribution in [0.25, 0.3) is 0 Å². The van der Waals surface area contributed by atoms with Crippen LogP contribution in [-0.4, -0.2) is 49.9 Å². The highest BCUT2D eigenvalue weighted by Gasteiger charge is 2.19. The molecule has 0 saturated heterocycles. The van der Waals surface area contributed by atoms with Crippen LogP contribution in [0, 0.1) is 5.82 Å². The normalized spacial score (nSPS) is 12.0. The number of hydroxylamine groups is 1. The fourth-order valence-electron chi connectivity index (χ4n) is 1.95. The number of anilines is 1.